The molecule has 13 nitrogen and oxygen atoms in total. The van der Waals surface area contributed by atoms with Crippen molar-refractivity contribution in [2.24, 2.45) is 5.16 Å². The van der Waals surface area contributed by atoms with Crippen molar-refractivity contribution in [2.75, 3.05) is 18.6 Å². The molecule has 16 heteroatoms. The number of nitrogen functional groups attached to an aromatic ring is 1. The number of aromatic amines is 1. The molecule has 0 bridgehead atoms. The number of aliphatic carboxylic acids is 1. The Balaban J connectivity index is 0.00000342. The first kappa shape index (κ1) is 26.6. The molecule has 4 N–H and O–H groups in total. The van der Waals surface area contributed by atoms with Gasteiger partial charge in [0.25, 0.3) is 11.8 Å². The molecule has 4 rings (SSSR count). The second-order valence-electron chi connectivity index (χ2n) is 6.83. The number of amides is 2. The van der Waals surface area contributed by atoms with E-state index >= 15 is 0 Å². The van der Waals surface area contributed by atoms with E-state index in [1.807, 2.05) is 0 Å². The molecule has 0 unspecified atom stereocenters. The molecule has 176 valence electrons. The number of carboxylic acids is 1. The zero-order valence-corrected chi connectivity index (χ0v) is 22.1. The molecule has 2 aliphatic heterocycles. The molecule has 2 aromatic rings. The summed E-state index contributed by atoms with van der Waals surface area (Å²) in [5.41, 5.74) is 6.44. The van der Waals surface area contributed by atoms with Crippen molar-refractivity contribution in [2.45, 2.75) is 11.4 Å². The summed E-state index contributed by atoms with van der Waals surface area (Å²) >= 11 is 2.43. The van der Waals surface area contributed by atoms with Gasteiger partial charge in [-0.2, -0.15) is 15.4 Å². The fourth-order valence-electron chi connectivity index (χ4n) is 3.28. The van der Waals surface area contributed by atoms with Crippen LogP contribution < -0.4 is 45.7 Å². The van der Waals surface area contributed by atoms with Crippen molar-refractivity contribution >= 4 is 57.8 Å². The maximum atomic E-state index is 12.8. The minimum Gasteiger partial charge on any atom is -0.543 e. The van der Waals surface area contributed by atoms with E-state index in [0.29, 0.717) is 17.0 Å². The van der Waals surface area contributed by atoms with Gasteiger partial charge in [-0.15, -0.1) is 23.1 Å². The predicted molar refractivity (Wildman–Crippen MR) is 122 cm³/mol. The number of hydrogen-bond acceptors (Lipinski definition) is 12. The molecule has 35 heavy (non-hydrogen) atoms. The number of thiazole rings is 1. The number of carboxylic acid groups (broad SMARTS) is 1. The fourth-order valence-corrected chi connectivity index (χ4v) is 5.14. The minimum atomic E-state index is -1.48. The molecule has 2 aromatic heterocycles. The van der Waals surface area contributed by atoms with Gasteiger partial charge in [-0.05, 0) is 11.6 Å². The van der Waals surface area contributed by atoms with Crippen LogP contribution in [0.3, 0.4) is 0 Å². The van der Waals surface area contributed by atoms with Crippen LogP contribution in [0.2, 0.25) is 0 Å². The smallest absolute Gasteiger partial charge is 0.543 e. The topological polar surface area (TPSA) is 192 Å². The van der Waals surface area contributed by atoms with Crippen molar-refractivity contribution in [1.82, 2.24) is 30.6 Å². The largest absolute Gasteiger partial charge is 1.00 e. The van der Waals surface area contributed by atoms with Crippen molar-refractivity contribution in [1.29, 1.82) is 0 Å². The SMILES string of the molecule is CO/N=C(\C(=O)N[C@@H]1C(=O)N2C(C(=O)[O-])=C(/C=C/C=C/c3cn[nH]n3)CS[C@H]12)c1csc(N)n1.[Na+]. The Labute approximate surface area is 228 Å². The Kier molecular flexibility index (Phi) is 8.85. The van der Waals surface area contributed by atoms with Gasteiger partial charge < -0.3 is 25.8 Å². The number of allylic oxidation sites excluding steroid dienone is 3. The van der Waals surface area contributed by atoms with E-state index in [2.05, 4.69) is 30.9 Å². The van der Waals surface area contributed by atoms with Crippen LogP contribution in [0.5, 0.6) is 0 Å². The molecule has 0 aliphatic carbocycles. The molecule has 1 fully saturated rings. The number of hydrogen-bond donors (Lipinski definition) is 3. The first-order valence-corrected chi connectivity index (χ1v) is 11.6. The average molecular weight is 525 g/mol. The van der Waals surface area contributed by atoms with Gasteiger partial charge in [-0.3, -0.25) is 14.5 Å². The summed E-state index contributed by atoms with van der Waals surface area (Å²) in [6.45, 7) is 0. The van der Waals surface area contributed by atoms with E-state index in [1.54, 1.807) is 24.3 Å². The summed E-state index contributed by atoms with van der Waals surface area (Å²) in [6, 6.07) is -0.956. The monoisotopic (exact) mass is 524 g/mol. The van der Waals surface area contributed by atoms with E-state index in [1.165, 1.54) is 30.4 Å². The van der Waals surface area contributed by atoms with E-state index in [9.17, 15) is 19.5 Å². The number of nitrogens with zero attached hydrogens (tertiary/aromatic N) is 5. The zero-order valence-electron chi connectivity index (χ0n) is 18.5. The Morgan fingerprint density at radius 2 is 2.17 bits per heavy atom. The first-order valence-electron chi connectivity index (χ1n) is 9.63. The van der Waals surface area contributed by atoms with Crippen molar-refractivity contribution in [3.05, 3.63) is 52.5 Å². The van der Waals surface area contributed by atoms with Crippen LogP contribution in [0, 0.1) is 0 Å². The standard InChI is InChI=1S/C19H18N8O5S2.Na/c1-32-25-12(11-8-34-19(20)22-11)15(28)23-13-16(29)27-14(18(30)31)9(7-33-17(13)27)4-2-3-5-10-6-21-26-24-10;/h2-6,8,13,17H,7H2,1H3,(H2,20,22)(H,23,28)(H,30,31)(H,21,24,26);/q;+1/p-1/b4-2+,5-3+,25-12-;/t13-,17-;/m1./s1. The first-order chi connectivity index (χ1) is 16.4. The molecule has 2 aliphatic rings. The molecule has 0 saturated carbocycles. The van der Waals surface area contributed by atoms with Gasteiger partial charge in [0.15, 0.2) is 10.8 Å². The molecular weight excluding hydrogens is 507 g/mol. The Hall–Kier alpha value is -2.98. The number of fused-ring (bicyclic) bond motifs is 1. The molecule has 0 spiro atoms. The number of thioether (sulfide) groups is 1. The minimum absolute atomic E-state index is 0. The number of carbonyl (C=O) groups excluding carboxylic acids is 3. The molecular formula is C19H17N8NaO5S2. The Morgan fingerprint density at radius 3 is 2.80 bits per heavy atom. The van der Waals surface area contributed by atoms with Gasteiger partial charge in [0, 0.05) is 11.1 Å². The van der Waals surface area contributed by atoms with Crippen LogP contribution in [0.15, 0.2) is 46.2 Å². The van der Waals surface area contributed by atoms with Crippen LogP contribution in [0.1, 0.15) is 11.4 Å². The van der Waals surface area contributed by atoms with Gasteiger partial charge in [0.2, 0.25) is 0 Å². The normalized spacial score (nSPS) is 20.0. The third-order valence-electron chi connectivity index (χ3n) is 4.75. The number of β-lactam (4-membered cyclic amide) rings is 1. The summed E-state index contributed by atoms with van der Waals surface area (Å²) in [7, 11) is 1.27. The van der Waals surface area contributed by atoms with E-state index in [-0.39, 0.29) is 51.8 Å². The van der Waals surface area contributed by atoms with Gasteiger partial charge in [-0.25, -0.2) is 4.98 Å². The number of aromatic nitrogens is 4. The Bertz CT molecular complexity index is 1240. The number of nitrogens with two attached hydrogens (primary N) is 1. The maximum Gasteiger partial charge on any atom is 1.00 e. The predicted octanol–water partition coefficient (Wildman–Crippen LogP) is -4.13. The van der Waals surface area contributed by atoms with E-state index in [4.69, 9.17) is 10.6 Å². The van der Waals surface area contributed by atoms with Crippen molar-refractivity contribution < 1.29 is 53.9 Å². The average Bonchev–Trinajstić information content (AvgIpc) is 3.49. The maximum absolute atomic E-state index is 12.8. The summed E-state index contributed by atoms with van der Waals surface area (Å²) < 4.78 is 0. The summed E-state index contributed by atoms with van der Waals surface area (Å²) in [6.07, 6.45) is 8.08. The van der Waals surface area contributed by atoms with Crippen LogP contribution in [-0.4, -0.2) is 73.1 Å². The van der Waals surface area contributed by atoms with Gasteiger partial charge in [-0.1, -0.05) is 23.4 Å². The van der Waals surface area contributed by atoms with Crippen LogP contribution in [0.25, 0.3) is 6.08 Å². The van der Waals surface area contributed by atoms with E-state index in [0.717, 1.165) is 16.2 Å². The number of carbonyl (C=O) groups is 3. The van der Waals surface area contributed by atoms with Crippen LogP contribution >= 0.6 is 23.1 Å². The second kappa shape index (κ2) is 11.6. The summed E-state index contributed by atoms with van der Waals surface area (Å²) in [4.78, 5) is 47.3. The Morgan fingerprint density at radius 1 is 1.40 bits per heavy atom. The van der Waals surface area contributed by atoms with Crippen LogP contribution in [0.4, 0.5) is 5.13 Å². The molecule has 0 aromatic carbocycles. The van der Waals surface area contributed by atoms with Gasteiger partial charge in [0.05, 0.1) is 17.9 Å². The zero-order chi connectivity index (χ0) is 24.2. The molecule has 1 saturated heterocycles. The van der Waals surface area contributed by atoms with Crippen molar-refractivity contribution in [3.8, 4) is 0 Å². The van der Waals surface area contributed by atoms with Gasteiger partial charge in [0.1, 0.15) is 29.9 Å². The van der Waals surface area contributed by atoms with Gasteiger partial charge >= 0.3 is 29.6 Å². The number of oxime groups is 1. The third-order valence-corrected chi connectivity index (χ3v) is 6.73. The second-order valence-corrected chi connectivity index (χ2v) is 8.82. The van der Waals surface area contributed by atoms with Crippen LogP contribution in [-0.2, 0) is 19.2 Å². The number of anilines is 1. The molecule has 4 heterocycles. The van der Waals surface area contributed by atoms with E-state index < -0.39 is 29.2 Å². The van der Waals surface area contributed by atoms with Crippen molar-refractivity contribution in [3.63, 3.8) is 0 Å². The number of rotatable bonds is 8. The quantitative estimate of drug-likeness (QED) is 0.100. The third kappa shape index (κ3) is 5.65. The molecule has 0 radical (unpaired) electrons. The summed E-state index contributed by atoms with van der Waals surface area (Å²) in [5, 5.41) is 29.3. The summed E-state index contributed by atoms with van der Waals surface area (Å²) in [5.74, 6) is -2.47. The molecule has 2 amide bonds. The number of H-pyrrole nitrogens is 1. The number of nitrogens with one attached hydrogen (secondary N) is 2. The molecule has 2 atom stereocenters. The fraction of sp³-hybridized carbons (Fsp3) is 0.211.